The quantitative estimate of drug-likeness (QED) is 0.810. The van der Waals surface area contributed by atoms with Gasteiger partial charge < -0.3 is 10.0 Å². The van der Waals surface area contributed by atoms with Crippen molar-refractivity contribution in [2.45, 2.75) is 6.43 Å². The van der Waals surface area contributed by atoms with Crippen LogP contribution in [0.3, 0.4) is 0 Å². The molecule has 18 heavy (non-hydrogen) atoms. The highest BCUT2D eigenvalue weighted by atomic mass is 19.3. The lowest BCUT2D eigenvalue weighted by Gasteiger charge is -2.15. The number of carbonyl (C=O) groups is 1. The van der Waals surface area contributed by atoms with Crippen molar-refractivity contribution in [3.05, 3.63) is 29.6 Å². The predicted octanol–water partition coefficient (Wildman–Crippen LogP) is 0.762. The molecule has 0 spiro atoms. The van der Waals surface area contributed by atoms with Gasteiger partial charge >= 0.3 is 0 Å². The highest BCUT2D eigenvalue weighted by Crippen LogP contribution is 2.04. The summed E-state index contributed by atoms with van der Waals surface area (Å²) in [5.41, 5.74) is 0.616. The van der Waals surface area contributed by atoms with Gasteiger partial charge in [-0.05, 0) is 12.1 Å². The lowest BCUT2D eigenvalue weighted by atomic mass is 10.2. The first kappa shape index (κ1) is 14.1. The lowest BCUT2D eigenvalue weighted by molar-refractivity contribution is 0.0615. The zero-order valence-corrected chi connectivity index (χ0v) is 9.73. The molecular formula is C12H12F2N2O2. The second-order valence-corrected chi connectivity index (χ2v) is 3.47. The maximum Gasteiger partial charge on any atom is 0.272 e. The lowest BCUT2D eigenvalue weighted by Crippen LogP contribution is -2.31. The van der Waals surface area contributed by atoms with E-state index in [-0.39, 0.29) is 12.3 Å². The zero-order chi connectivity index (χ0) is 13.5. The highest BCUT2D eigenvalue weighted by molar-refractivity contribution is 5.92. The Labute approximate surface area is 103 Å². The van der Waals surface area contributed by atoms with E-state index in [1.54, 1.807) is 6.07 Å². The summed E-state index contributed by atoms with van der Waals surface area (Å²) in [6, 6.07) is 2.95. The number of aliphatic hydroxyl groups excluding tert-OH is 1. The van der Waals surface area contributed by atoms with Crippen LogP contribution in [0, 0.1) is 11.8 Å². The van der Waals surface area contributed by atoms with Crippen LogP contribution in [0.5, 0.6) is 0 Å². The summed E-state index contributed by atoms with van der Waals surface area (Å²) >= 11 is 0. The first-order valence-electron chi connectivity index (χ1n) is 5.14. The number of nitrogens with zero attached hydrogens (tertiary/aromatic N) is 2. The SMILES string of the molecule is CN(CC(F)F)C(=O)c1ccc(C#CCO)cn1. The van der Waals surface area contributed by atoms with E-state index in [1.165, 1.54) is 19.3 Å². The molecule has 4 nitrogen and oxygen atoms in total. The van der Waals surface area contributed by atoms with Gasteiger partial charge in [-0.3, -0.25) is 4.79 Å². The van der Waals surface area contributed by atoms with Crippen LogP contribution in [0.2, 0.25) is 0 Å². The number of hydrogen-bond donors (Lipinski definition) is 1. The second kappa shape index (κ2) is 6.67. The van der Waals surface area contributed by atoms with Crippen LogP contribution in [0.15, 0.2) is 18.3 Å². The van der Waals surface area contributed by atoms with Gasteiger partial charge in [0, 0.05) is 18.8 Å². The number of aliphatic hydroxyl groups is 1. The van der Waals surface area contributed by atoms with Crippen molar-refractivity contribution in [3.8, 4) is 11.8 Å². The van der Waals surface area contributed by atoms with Gasteiger partial charge in [0.15, 0.2) is 0 Å². The molecule has 0 aromatic carbocycles. The summed E-state index contributed by atoms with van der Waals surface area (Å²) in [4.78, 5) is 16.4. The number of alkyl halides is 2. The largest absolute Gasteiger partial charge is 0.384 e. The molecule has 0 aliphatic rings. The highest BCUT2D eigenvalue weighted by Gasteiger charge is 2.16. The van der Waals surface area contributed by atoms with Gasteiger partial charge in [-0.1, -0.05) is 11.8 Å². The summed E-state index contributed by atoms with van der Waals surface area (Å²) in [6.45, 7) is -0.898. The van der Waals surface area contributed by atoms with Crippen molar-refractivity contribution in [2.24, 2.45) is 0 Å². The molecule has 1 rings (SSSR count). The minimum atomic E-state index is -2.58. The number of pyridine rings is 1. The number of halogens is 2. The van der Waals surface area contributed by atoms with E-state index in [9.17, 15) is 13.6 Å². The Balaban J connectivity index is 2.75. The Morgan fingerprint density at radius 3 is 2.78 bits per heavy atom. The molecule has 96 valence electrons. The predicted molar refractivity (Wildman–Crippen MR) is 61.2 cm³/mol. The molecule has 0 fully saturated rings. The van der Waals surface area contributed by atoms with E-state index >= 15 is 0 Å². The monoisotopic (exact) mass is 254 g/mol. The van der Waals surface area contributed by atoms with E-state index in [1.807, 2.05) is 0 Å². The van der Waals surface area contributed by atoms with Crippen molar-refractivity contribution < 1.29 is 18.7 Å². The van der Waals surface area contributed by atoms with Gasteiger partial charge in [-0.25, -0.2) is 13.8 Å². The Bertz CT molecular complexity index is 463. The van der Waals surface area contributed by atoms with Gasteiger partial charge in [0.2, 0.25) is 0 Å². The van der Waals surface area contributed by atoms with Crippen LogP contribution in [0.25, 0.3) is 0 Å². The third kappa shape index (κ3) is 4.11. The molecule has 0 saturated carbocycles. The van der Waals surface area contributed by atoms with Gasteiger partial charge in [-0.2, -0.15) is 0 Å². The topological polar surface area (TPSA) is 53.4 Å². The molecule has 0 atom stereocenters. The van der Waals surface area contributed by atoms with Gasteiger partial charge in [0.25, 0.3) is 12.3 Å². The maximum absolute atomic E-state index is 12.1. The molecule has 1 aromatic rings. The van der Waals surface area contributed by atoms with Crippen LogP contribution in [0.4, 0.5) is 8.78 Å². The van der Waals surface area contributed by atoms with Crippen molar-refractivity contribution in [2.75, 3.05) is 20.2 Å². The van der Waals surface area contributed by atoms with Gasteiger partial charge in [0.05, 0.1) is 6.54 Å². The minimum Gasteiger partial charge on any atom is -0.384 e. The van der Waals surface area contributed by atoms with Gasteiger partial charge in [-0.15, -0.1) is 0 Å². The molecular weight excluding hydrogens is 242 g/mol. The fourth-order valence-electron chi connectivity index (χ4n) is 1.22. The molecule has 0 aliphatic heterocycles. The minimum absolute atomic E-state index is 0.0766. The average molecular weight is 254 g/mol. The zero-order valence-electron chi connectivity index (χ0n) is 9.73. The molecule has 1 aromatic heterocycles. The Morgan fingerprint density at radius 2 is 2.28 bits per heavy atom. The number of amides is 1. The van der Waals surface area contributed by atoms with Crippen LogP contribution in [-0.2, 0) is 0 Å². The van der Waals surface area contributed by atoms with E-state index in [2.05, 4.69) is 16.8 Å². The Hall–Kier alpha value is -2.00. The van der Waals surface area contributed by atoms with Crippen molar-refractivity contribution in [1.82, 2.24) is 9.88 Å². The van der Waals surface area contributed by atoms with Crippen molar-refractivity contribution >= 4 is 5.91 Å². The van der Waals surface area contributed by atoms with Crippen molar-refractivity contribution in [1.29, 1.82) is 0 Å². The standard InChI is InChI=1S/C12H12F2N2O2/c1-16(8-11(13)14)12(18)10-5-4-9(7-15-10)3-2-6-17/h4-5,7,11,17H,6,8H2,1H3. The first-order chi connectivity index (χ1) is 8.54. The smallest absolute Gasteiger partial charge is 0.272 e. The fraction of sp³-hybridized carbons (Fsp3) is 0.333. The van der Waals surface area contributed by atoms with E-state index in [4.69, 9.17) is 5.11 Å². The third-order valence-corrected chi connectivity index (χ3v) is 2.05. The molecule has 1 amide bonds. The molecule has 0 unspecified atom stereocenters. The van der Waals surface area contributed by atoms with Crippen molar-refractivity contribution in [3.63, 3.8) is 0 Å². The van der Waals surface area contributed by atoms with Crippen LogP contribution in [-0.4, -0.2) is 47.5 Å². The molecule has 6 heteroatoms. The maximum atomic E-state index is 12.1. The summed E-state index contributed by atoms with van der Waals surface area (Å²) in [5.74, 6) is 4.48. The molecule has 1 N–H and O–H groups in total. The summed E-state index contributed by atoms with van der Waals surface area (Å²) < 4.78 is 24.2. The third-order valence-electron chi connectivity index (χ3n) is 2.05. The molecule has 1 heterocycles. The van der Waals surface area contributed by atoms with Crippen LogP contribution < -0.4 is 0 Å². The van der Waals surface area contributed by atoms with Crippen LogP contribution in [0.1, 0.15) is 16.1 Å². The fourth-order valence-corrected chi connectivity index (χ4v) is 1.22. The second-order valence-electron chi connectivity index (χ2n) is 3.47. The summed E-state index contributed by atoms with van der Waals surface area (Å²) in [7, 11) is 1.29. The molecule has 0 aliphatic carbocycles. The van der Waals surface area contributed by atoms with Gasteiger partial charge in [0.1, 0.15) is 12.3 Å². The van der Waals surface area contributed by atoms with Crippen LogP contribution >= 0.6 is 0 Å². The summed E-state index contributed by atoms with van der Waals surface area (Å²) in [5, 5.41) is 8.50. The Kier molecular flexibility index (Phi) is 5.21. The Morgan fingerprint density at radius 1 is 1.56 bits per heavy atom. The van der Waals surface area contributed by atoms with E-state index < -0.39 is 18.9 Å². The van der Waals surface area contributed by atoms with E-state index in [0.717, 1.165) is 4.90 Å². The number of aromatic nitrogens is 1. The molecule has 0 radical (unpaired) electrons. The number of rotatable bonds is 3. The normalized spacial score (nSPS) is 9.83. The average Bonchev–Trinajstić information content (AvgIpc) is 2.35. The number of carbonyl (C=O) groups excluding carboxylic acids is 1. The summed E-state index contributed by atoms with van der Waals surface area (Å²) in [6.07, 6.45) is -1.22. The molecule has 0 saturated heterocycles. The van der Waals surface area contributed by atoms with E-state index in [0.29, 0.717) is 5.56 Å². The molecule has 0 bridgehead atoms. The number of hydrogen-bond acceptors (Lipinski definition) is 3. The first-order valence-corrected chi connectivity index (χ1v) is 5.14.